The van der Waals surface area contributed by atoms with Crippen molar-refractivity contribution in [1.82, 2.24) is 10.9 Å². The van der Waals surface area contributed by atoms with E-state index < -0.39 is 0 Å². The van der Waals surface area contributed by atoms with Gasteiger partial charge in [-0.3, -0.25) is 9.59 Å². The standard InChI is InChI=1S/C39H30N6O4/c46-36-7-3-1-5-28(36)19-40-42-38(48)26-9-13-30-24(17-26)11-15-34-32(30)21-44-23-45(34)22-33-31-14-10-27(18-25(31)12-16-35(33)44)39(49)43-41-20-29-6-2-4-8-37(29)47/h1-20,46-47H,21-23H2,(H,42,48)(H,43,49)/b40-19+,41-20+. The molecule has 2 aliphatic heterocycles. The fourth-order valence-electron chi connectivity index (χ4n) is 6.63. The molecule has 2 bridgehead atoms. The number of carbonyl (C=O) groups excluding carboxylic acids is 2. The van der Waals surface area contributed by atoms with E-state index >= 15 is 0 Å². The molecule has 49 heavy (non-hydrogen) atoms. The molecule has 0 atom stereocenters. The second kappa shape index (κ2) is 12.2. The van der Waals surface area contributed by atoms with Crippen LogP contribution in [0.4, 0.5) is 11.4 Å². The smallest absolute Gasteiger partial charge is 0.271 e. The van der Waals surface area contributed by atoms with Crippen LogP contribution in [0.5, 0.6) is 11.5 Å². The van der Waals surface area contributed by atoms with Crippen molar-refractivity contribution in [3.05, 3.63) is 143 Å². The number of hydrogen-bond donors (Lipinski definition) is 4. The number of rotatable bonds is 6. The van der Waals surface area contributed by atoms with Gasteiger partial charge in [0.1, 0.15) is 11.5 Å². The number of hydrogen-bond acceptors (Lipinski definition) is 8. The fraction of sp³-hybridized carbons (Fsp3) is 0.0769. The van der Waals surface area contributed by atoms with Gasteiger partial charge >= 0.3 is 0 Å². The Morgan fingerprint density at radius 2 is 1.04 bits per heavy atom. The molecule has 6 aromatic rings. The summed E-state index contributed by atoms with van der Waals surface area (Å²) in [6.07, 6.45) is 2.83. The Morgan fingerprint density at radius 1 is 0.592 bits per heavy atom. The highest BCUT2D eigenvalue weighted by atomic mass is 16.3. The number of amides is 2. The van der Waals surface area contributed by atoms with E-state index in [1.54, 1.807) is 48.5 Å². The second-order valence-electron chi connectivity index (χ2n) is 12.1. The van der Waals surface area contributed by atoms with Gasteiger partial charge in [-0.2, -0.15) is 10.2 Å². The van der Waals surface area contributed by atoms with E-state index in [1.165, 1.54) is 23.6 Å². The van der Waals surface area contributed by atoms with Gasteiger partial charge in [0, 0.05) is 57.8 Å². The average molecular weight is 647 g/mol. The minimum Gasteiger partial charge on any atom is -0.507 e. The lowest BCUT2D eigenvalue weighted by atomic mass is 9.93. The van der Waals surface area contributed by atoms with Crippen molar-refractivity contribution in [2.24, 2.45) is 10.2 Å². The van der Waals surface area contributed by atoms with E-state index in [-0.39, 0.29) is 23.3 Å². The third kappa shape index (κ3) is 5.55. The van der Waals surface area contributed by atoms with Gasteiger partial charge in [-0.05, 0) is 82.2 Å². The molecule has 0 aromatic heterocycles. The Kier molecular flexibility index (Phi) is 7.37. The molecule has 2 amide bonds. The summed E-state index contributed by atoms with van der Waals surface area (Å²) >= 11 is 0. The average Bonchev–Trinajstić information content (AvgIpc) is 3.12. The molecule has 0 unspecified atom stereocenters. The fourth-order valence-corrected chi connectivity index (χ4v) is 6.63. The van der Waals surface area contributed by atoms with Crippen LogP contribution in [0, 0.1) is 0 Å². The molecule has 0 aliphatic carbocycles. The van der Waals surface area contributed by atoms with E-state index in [2.05, 4.69) is 55.1 Å². The number of hydrazone groups is 2. The normalized spacial score (nSPS) is 13.6. The highest BCUT2D eigenvalue weighted by Crippen LogP contribution is 2.43. The van der Waals surface area contributed by atoms with Crippen LogP contribution >= 0.6 is 0 Å². The second-order valence-corrected chi connectivity index (χ2v) is 12.1. The van der Waals surface area contributed by atoms with Crippen molar-refractivity contribution in [1.29, 1.82) is 0 Å². The summed E-state index contributed by atoms with van der Waals surface area (Å²) in [5.41, 5.74) is 11.8. The molecule has 240 valence electrons. The van der Waals surface area contributed by atoms with Crippen molar-refractivity contribution < 1.29 is 19.8 Å². The largest absolute Gasteiger partial charge is 0.507 e. The van der Waals surface area contributed by atoms with Crippen molar-refractivity contribution in [3.63, 3.8) is 0 Å². The number of phenols is 2. The third-order valence-electron chi connectivity index (χ3n) is 9.07. The van der Waals surface area contributed by atoms with E-state index in [1.807, 2.05) is 36.4 Å². The Labute approximate surface area is 281 Å². The molecule has 0 spiro atoms. The van der Waals surface area contributed by atoms with Crippen molar-refractivity contribution in [2.75, 3.05) is 16.5 Å². The van der Waals surface area contributed by atoms with Crippen LogP contribution in [0.3, 0.4) is 0 Å². The number of benzene rings is 6. The maximum atomic E-state index is 12.9. The topological polar surface area (TPSA) is 130 Å². The monoisotopic (exact) mass is 646 g/mol. The quantitative estimate of drug-likeness (QED) is 0.125. The molecule has 4 N–H and O–H groups in total. The van der Waals surface area contributed by atoms with E-state index in [0.29, 0.717) is 35.3 Å². The lowest BCUT2D eigenvalue weighted by Gasteiger charge is -2.45. The van der Waals surface area contributed by atoms with Crippen LogP contribution in [0.1, 0.15) is 43.0 Å². The Hall–Kier alpha value is -6.68. The number of carbonyl (C=O) groups is 2. The molecule has 0 saturated carbocycles. The predicted molar refractivity (Wildman–Crippen MR) is 191 cm³/mol. The summed E-state index contributed by atoms with van der Waals surface area (Å²) in [5.74, 6) is -0.493. The Bertz CT molecular complexity index is 2200. The molecule has 10 heteroatoms. The molecule has 6 aromatic carbocycles. The summed E-state index contributed by atoms with van der Waals surface area (Å²) in [5, 5.41) is 32.0. The summed E-state index contributed by atoms with van der Waals surface area (Å²) in [7, 11) is 0. The van der Waals surface area contributed by atoms with E-state index in [9.17, 15) is 19.8 Å². The molecule has 0 radical (unpaired) electrons. The zero-order chi connectivity index (χ0) is 33.5. The van der Waals surface area contributed by atoms with Crippen molar-refractivity contribution in [2.45, 2.75) is 13.1 Å². The number of para-hydroxylation sites is 2. The lowest BCUT2D eigenvalue weighted by molar-refractivity contribution is 0.0947. The van der Waals surface area contributed by atoms with Gasteiger partial charge in [-0.1, -0.05) is 48.5 Å². The molecule has 10 nitrogen and oxygen atoms in total. The summed E-state index contributed by atoms with van der Waals surface area (Å²) in [4.78, 5) is 30.5. The minimum atomic E-state index is -0.336. The highest BCUT2D eigenvalue weighted by molar-refractivity contribution is 6.03. The zero-order valence-electron chi connectivity index (χ0n) is 26.2. The molecule has 0 fully saturated rings. The van der Waals surface area contributed by atoms with Crippen LogP contribution in [-0.4, -0.2) is 41.1 Å². The number of aromatic hydroxyl groups is 2. The molecule has 0 saturated heterocycles. The van der Waals surface area contributed by atoms with Crippen molar-refractivity contribution in [3.8, 4) is 11.5 Å². The predicted octanol–water partition coefficient (Wildman–Crippen LogP) is 6.23. The first kappa shape index (κ1) is 29.7. The Morgan fingerprint density at radius 3 is 1.49 bits per heavy atom. The number of phenolic OH excluding ortho intramolecular Hbond substituents is 2. The summed E-state index contributed by atoms with van der Waals surface area (Å²) in [6.45, 7) is 2.20. The third-order valence-corrected chi connectivity index (χ3v) is 9.07. The van der Waals surface area contributed by atoms with Crippen LogP contribution in [0.25, 0.3) is 21.5 Å². The maximum absolute atomic E-state index is 12.9. The molecular formula is C39H30N6O4. The highest BCUT2D eigenvalue weighted by Gasteiger charge is 2.31. The first-order valence-corrected chi connectivity index (χ1v) is 15.8. The SMILES string of the molecule is O=C(N/N=C/c1ccccc1O)c1ccc2c3c(ccc2c1)N1Cc2c(ccc4cc(C(=O)N/N=C/c5ccccc5O)ccc24)N(C3)C1. The maximum Gasteiger partial charge on any atom is 0.271 e. The zero-order valence-corrected chi connectivity index (χ0v) is 26.2. The minimum absolute atomic E-state index is 0.0891. The lowest BCUT2D eigenvalue weighted by Crippen LogP contribution is -2.46. The van der Waals surface area contributed by atoms with E-state index in [0.717, 1.165) is 39.6 Å². The van der Waals surface area contributed by atoms with Gasteiger partial charge in [0.2, 0.25) is 0 Å². The van der Waals surface area contributed by atoms with Gasteiger partial charge < -0.3 is 20.0 Å². The Balaban J connectivity index is 1.01. The van der Waals surface area contributed by atoms with Crippen molar-refractivity contribution >= 4 is 57.2 Å². The van der Waals surface area contributed by atoms with Gasteiger partial charge in [0.25, 0.3) is 11.8 Å². The number of fused-ring (bicyclic) bond motifs is 10. The molecule has 8 rings (SSSR count). The first-order valence-electron chi connectivity index (χ1n) is 15.8. The van der Waals surface area contributed by atoms with Crippen LogP contribution in [0.15, 0.2) is 119 Å². The van der Waals surface area contributed by atoms with E-state index in [4.69, 9.17) is 0 Å². The van der Waals surface area contributed by atoms with Crippen LogP contribution < -0.4 is 20.7 Å². The number of nitrogens with zero attached hydrogens (tertiary/aromatic N) is 4. The summed E-state index contributed by atoms with van der Waals surface area (Å²) in [6, 6.07) is 33.3. The number of nitrogens with one attached hydrogen (secondary N) is 2. The summed E-state index contributed by atoms with van der Waals surface area (Å²) < 4.78 is 0. The van der Waals surface area contributed by atoms with Gasteiger partial charge in [0.05, 0.1) is 19.1 Å². The van der Waals surface area contributed by atoms with Gasteiger partial charge in [-0.15, -0.1) is 0 Å². The van der Waals surface area contributed by atoms with Gasteiger partial charge in [-0.25, -0.2) is 10.9 Å². The molecular weight excluding hydrogens is 616 g/mol. The molecule has 2 aliphatic rings. The first-order chi connectivity index (χ1) is 23.9. The number of anilines is 2. The molecule has 2 heterocycles. The van der Waals surface area contributed by atoms with Crippen LogP contribution in [0.2, 0.25) is 0 Å². The van der Waals surface area contributed by atoms with Gasteiger partial charge in [0.15, 0.2) is 0 Å². The van der Waals surface area contributed by atoms with Crippen LogP contribution in [-0.2, 0) is 13.1 Å².